The van der Waals surface area contributed by atoms with Gasteiger partial charge in [-0.2, -0.15) is 0 Å². The highest BCUT2D eigenvalue weighted by Gasteiger charge is 2.26. The quantitative estimate of drug-likeness (QED) is 0.368. The van der Waals surface area contributed by atoms with Gasteiger partial charge in [0.1, 0.15) is 16.9 Å². The van der Waals surface area contributed by atoms with Crippen LogP contribution in [0.1, 0.15) is 29.0 Å². The van der Waals surface area contributed by atoms with E-state index in [9.17, 15) is 9.59 Å². The zero-order chi connectivity index (χ0) is 24.6. The Bertz CT molecular complexity index is 1520. The molecule has 0 atom stereocenters. The fraction of sp³-hybridized carbons (Fsp3) is 0.296. The summed E-state index contributed by atoms with van der Waals surface area (Å²) >= 11 is 0. The number of carbonyl (C=O) groups is 1. The number of aromatic nitrogens is 3. The van der Waals surface area contributed by atoms with Crippen molar-refractivity contribution in [2.24, 2.45) is 7.05 Å². The fourth-order valence-electron chi connectivity index (χ4n) is 5.01. The van der Waals surface area contributed by atoms with E-state index in [0.29, 0.717) is 35.5 Å². The highest BCUT2D eigenvalue weighted by atomic mass is 16.5. The molecule has 2 aliphatic heterocycles. The summed E-state index contributed by atoms with van der Waals surface area (Å²) in [6.45, 7) is 3.93. The molecular weight excluding hydrogens is 456 g/mol. The van der Waals surface area contributed by atoms with Gasteiger partial charge < -0.3 is 29.4 Å². The van der Waals surface area contributed by atoms with E-state index >= 15 is 0 Å². The molecule has 0 aliphatic carbocycles. The predicted molar refractivity (Wildman–Crippen MR) is 138 cm³/mol. The fourth-order valence-corrected chi connectivity index (χ4v) is 5.01. The summed E-state index contributed by atoms with van der Waals surface area (Å²) in [5.74, 6) is 1.73. The topological polar surface area (TPSA) is 93.4 Å². The van der Waals surface area contributed by atoms with E-state index in [2.05, 4.69) is 20.5 Å². The maximum absolute atomic E-state index is 13.5. The van der Waals surface area contributed by atoms with Gasteiger partial charge in [-0.15, -0.1) is 0 Å². The summed E-state index contributed by atoms with van der Waals surface area (Å²) < 4.78 is 10.1. The first kappa shape index (κ1) is 22.4. The van der Waals surface area contributed by atoms with Gasteiger partial charge >= 0.3 is 0 Å². The maximum atomic E-state index is 13.5. The van der Waals surface area contributed by atoms with Crippen molar-refractivity contribution < 1.29 is 9.53 Å². The zero-order valence-corrected chi connectivity index (χ0v) is 20.2. The average Bonchev–Trinajstić information content (AvgIpc) is 3.56. The third kappa shape index (κ3) is 3.91. The largest absolute Gasteiger partial charge is 0.451 e. The number of likely N-dealkylation sites (tertiary alicyclic amines) is 1. The Morgan fingerprint density at radius 3 is 2.78 bits per heavy atom. The highest BCUT2D eigenvalue weighted by Crippen LogP contribution is 2.43. The van der Waals surface area contributed by atoms with Crippen molar-refractivity contribution in [2.45, 2.75) is 19.4 Å². The molecule has 2 aromatic carbocycles. The molecule has 9 nitrogen and oxygen atoms in total. The van der Waals surface area contributed by atoms with Gasteiger partial charge in [-0.3, -0.25) is 9.59 Å². The smallest absolute Gasteiger partial charge is 0.256 e. The SMILES string of the molecule is Cn1ccnc1CNc1ccc2c(=O)c(C(=O)NCCN3CCCC3)cn3c2c1Oc1ccccc1-3. The van der Waals surface area contributed by atoms with Crippen LogP contribution in [0, 0.1) is 0 Å². The lowest BCUT2D eigenvalue weighted by Crippen LogP contribution is -2.36. The summed E-state index contributed by atoms with van der Waals surface area (Å²) in [7, 11) is 1.94. The average molecular weight is 485 g/mol. The predicted octanol–water partition coefficient (Wildman–Crippen LogP) is 3.27. The molecule has 184 valence electrons. The third-order valence-corrected chi connectivity index (χ3v) is 6.97. The first-order valence-corrected chi connectivity index (χ1v) is 12.3. The minimum atomic E-state index is -0.354. The summed E-state index contributed by atoms with van der Waals surface area (Å²) in [6, 6.07) is 11.2. The number of hydrogen-bond donors (Lipinski definition) is 2. The number of ether oxygens (including phenoxy) is 1. The minimum absolute atomic E-state index is 0.125. The van der Waals surface area contributed by atoms with Crippen molar-refractivity contribution in [3.8, 4) is 17.2 Å². The number of rotatable bonds is 7. The summed E-state index contributed by atoms with van der Waals surface area (Å²) in [6.07, 6.45) is 7.69. The van der Waals surface area contributed by atoms with E-state index in [-0.39, 0.29) is 16.9 Å². The molecule has 0 radical (unpaired) electrons. The number of hydrogen-bond acceptors (Lipinski definition) is 6. The molecular formula is C27H28N6O3. The van der Waals surface area contributed by atoms with E-state index in [4.69, 9.17) is 4.74 Å². The molecule has 1 fully saturated rings. The molecule has 2 N–H and O–H groups in total. The normalized spacial score (nSPS) is 14.5. The lowest BCUT2D eigenvalue weighted by Gasteiger charge is -2.25. The van der Waals surface area contributed by atoms with Crippen molar-refractivity contribution in [1.82, 2.24) is 24.3 Å². The number of imidazole rings is 1. The Balaban J connectivity index is 1.38. The number of para-hydroxylation sites is 2. The van der Waals surface area contributed by atoms with Gasteiger partial charge in [-0.05, 0) is 50.2 Å². The second kappa shape index (κ2) is 9.16. The Kier molecular flexibility index (Phi) is 5.69. The van der Waals surface area contributed by atoms with Crippen LogP contribution in [-0.4, -0.2) is 51.1 Å². The van der Waals surface area contributed by atoms with Gasteiger partial charge in [-0.25, -0.2) is 4.98 Å². The summed E-state index contributed by atoms with van der Waals surface area (Å²) in [4.78, 5) is 33.3. The van der Waals surface area contributed by atoms with Gasteiger partial charge in [-0.1, -0.05) is 12.1 Å². The minimum Gasteiger partial charge on any atom is -0.451 e. The van der Waals surface area contributed by atoms with Crippen LogP contribution in [0.3, 0.4) is 0 Å². The van der Waals surface area contributed by atoms with Gasteiger partial charge in [0, 0.05) is 38.7 Å². The highest BCUT2D eigenvalue weighted by molar-refractivity contribution is 6.01. The lowest BCUT2D eigenvalue weighted by atomic mass is 10.1. The molecule has 2 aromatic heterocycles. The van der Waals surface area contributed by atoms with Crippen molar-refractivity contribution in [3.63, 3.8) is 0 Å². The molecule has 0 bridgehead atoms. The van der Waals surface area contributed by atoms with Gasteiger partial charge in [0.15, 0.2) is 11.5 Å². The Hall–Kier alpha value is -4.11. The number of aryl methyl sites for hydroxylation is 1. The summed E-state index contributed by atoms with van der Waals surface area (Å²) in [5.41, 5.74) is 1.98. The lowest BCUT2D eigenvalue weighted by molar-refractivity contribution is 0.0948. The van der Waals surface area contributed by atoms with Crippen LogP contribution in [0.4, 0.5) is 5.69 Å². The first-order valence-electron chi connectivity index (χ1n) is 12.3. The number of nitrogens with one attached hydrogen (secondary N) is 2. The van der Waals surface area contributed by atoms with Crippen LogP contribution in [0.5, 0.6) is 11.5 Å². The molecule has 4 aromatic rings. The number of benzene rings is 2. The standard InChI is InChI=1S/C27H28N6O3/c1-31-14-10-28-23(31)16-30-20-9-8-18-24-26(20)36-22-7-3-2-6-21(22)33(24)17-19(25(18)34)27(35)29-11-15-32-12-4-5-13-32/h2-3,6-10,14,17,30H,4-5,11-13,15-16H2,1H3,(H,29,35). The number of pyridine rings is 1. The van der Waals surface area contributed by atoms with Crippen LogP contribution >= 0.6 is 0 Å². The molecule has 0 unspecified atom stereocenters. The van der Waals surface area contributed by atoms with E-state index in [1.165, 1.54) is 12.8 Å². The number of carbonyl (C=O) groups excluding carboxylic acids is 1. The van der Waals surface area contributed by atoms with Gasteiger partial charge in [0.25, 0.3) is 5.91 Å². The van der Waals surface area contributed by atoms with E-state index in [1.807, 2.05) is 52.7 Å². The third-order valence-electron chi connectivity index (χ3n) is 6.97. The number of amides is 1. The molecule has 1 amide bonds. The number of fused-ring (bicyclic) bond motifs is 2. The molecule has 9 heteroatoms. The second-order valence-corrected chi connectivity index (χ2v) is 9.26. The number of anilines is 1. The van der Waals surface area contributed by atoms with Crippen molar-refractivity contribution >= 4 is 22.5 Å². The van der Waals surface area contributed by atoms with Gasteiger partial charge in [0.05, 0.1) is 23.3 Å². The van der Waals surface area contributed by atoms with Crippen molar-refractivity contribution in [3.05, 3.63) is 76.6 Å². The Morgan fingerprint density at radius 1 is 1.14 bits per heavy atom. The molecule has 4 heterocycles. The Labute approximate surface area is 208 Å². The molecule has 6 rings (SSSR count). The van der Waals surface area contributed by atoms with Crippen LogP contribution in [0.25, 0.3) is 16.6 Å². The van der Waals surface area contributed by atoms with E-state index in [1.54, 1.807) is 18.5 Å². The summed E-state index contributed by atoms with van der Waals surface area (Å²) in [5, 5.41) is 6.78. The van der Waals surface area contributed by atoms with Crippen LogP contribution < -0.4 is 20.8 Å². The van der Waals surface area contributed by atoms with Crippen molar-refractivity contribution in [2.75, 3.05) is 31.5 Å². The molecule has 0 spiro atoms. The maximum Gasteiger partial charge on any atom is 0.256 e. The molecule has 2 aliphatic rings. The van der Waals surface area contributed by atoms with Gasteiger partial charge in [0.2, 0.25) is 5.43 Å². The number of nitrogens with zero attached hydrogens (tertiary/aromatic N) is 4. The molecule has 1 saturated heterocycles. The molecule has 0 saturated carbocycles. The van der Waals surface area contributed by atoms with Crippen molar-refractivity contribution in [1.29, 1.82) is 0 Å². The van der Waals surface area contributed by atoms with E-state index in [0.717, 1.165) is 36.8 Å². The van der Waals surface area contributed by atoms with Crippen LogP contribution in [-0.2, 0) is 13.6 Å². The molecule has 36 heavy (non-hydrogen) atoms. The van der Waals surface area contributed by atoms with E-state index < -0.39 is 0 Å². The van der Waals surface area contributed by atoms with Crippen LogP contribution in [0.15, 0.2) is 59.8 Å². The first-order chi connectivity index (χ1) is 17.6. The van der Waals surface area contributed by atoms with Crippen LogP contribution in [0.2, 0.25) is 0 Å². The second-order valence-electron chi connectivity index (χ2n) is 9.26. The Morgan fingerprint density at radius 2 is 1.97 bits per heavy atom. The zero-order valence-electron chi connectivity index (χ0n) is 20.2. The monoisotopic (exact) mass is 484 g/mol.